The molecule has 1 aromatic rings. The molecule has 1 aromatic carbocycles. The fourth-order valence-electron chi connectivity index (χ4n) is 3.10. The van der Waals surface area contributed by atoms with Crippen molar-refractivity contribution in [2.45, 2.75) is 39.0 Å². The molecular formula is C21H34N4O3. The third-order valence-corrected chi connectivity index (χ3v) is 4.58. The summed E-state index contributed by atoms with van der Waals surface area (Å²) in [5, 5.41) is 6.52. The van der Waals surface area contributed by atoms with E-state index in [2.05, 4.69) is 15.6 Å². The summed E-state index contributed by atoms with van der Waals surface area (Å²) in [5.41, 5.74) is 0. The molecule has 1 fully saturated rings. The first-order chi connectivity index (χ1) is 13.7. The fraction of sp³-hybridized carbons (Fsp3) is 0.619. The molecule has 1 aliphatic heterocycles. The summed E-state index contributed by atoms with van der Waals surface area (Å²) in [7, 11) is 1.64. The van der Waals surface area contributed by atoms with Gasteiger partial charge in [-0.2, -0.15) is 0 Å². The third-order valence-electron chi connectivity index (χ3n) is 4.58. The molecule has 1 amide bonds. The van der Waals surface area contributed by atoms with E-state index in [1.807, 2.05) is 36.1 Å². The molecular weight excluding hydrogens is 356 g/mol. The molecule has 156 valence electrons. The smallest absolute Gasteiger partial charge is 0.222 e. The standard InChI is InChI=1S/C21H34N4O3/c1-3-22-21(23-12-8-15-25-14-6-4-5-11-20(25)26)24-13-16-28-19-10-7-9-18(17-19)27-2/h7,9-10,17H,3-6,8,11-16H2,1-2H3,(H2,22,23,24). The van der Waals surface area contributed by atoms with E-state index in [1.54, 1.807) is 7.11 Å². The van der Waals surface area contributed by atoms with Crippen LogP contribution in [0.15, 0.2) is 29.3 Å². The van der Waals surface area contributed by atoms with Crippen molar-refractivity contribution in [2.75, 3.05) is 46.4 Å². The second-order valence-electron chi connectivity index (χ2n) is 6.76. The molecule has 0 unspecified atom stereocenters. The van der Waals surface area contributed by atoms with E-state index < -0.39 is 0 Å². The predicted octanol–water partition coefficient (Wildman–Crippen LogP) is 2.42. The summed E-state index contributed by atoms with van der Waals surface area (Å²) >= 11 is 0. The Kier molecular flexibility index (Phi) is 10.0. The van der Waals surface area contributed by atoms with Gasteiger partial charge in [0.05, 0.1) is 13.7 Å². The van der Waals surface area contributed by atoms with Gasteiger partial charge in [0.1, 0.15) is 18.1 Å². The Morgan fingerprint density at radius 3 is 2.89 bits per heavy atom. The average Bonchev–Trinajstić information content (AvgIpc) is 2.92. The van der Waals surface area contributed by atoms with Crippen LogP contribution in [-0.4, -0.2) is 63.2 Å². The maximum Gasteiger partial charge on any atom is 0.222 e. The molecule has 2 rings (SSSR count). The van der Waals surface area contributed by atoms with Crippen LogP contribution in [0.5, 0.6) is 11.5 Å². The van der Waals surface area contributed by atoms with Crippen molar-refractivity contribution < 1.29 is 14.3 Å². The quantitative estimate of drug-likeness (QED) is 0.365. The van der Waals surface area contributed by atoms with Crippen molar-refractivity contribution in [1.82, 2.24) is 15.5 Å². The topological polar surface area (TPSA) is 75.2 Å². The molecule has 2 N–H and O–H groups in total. The molecule has 0 atom stereocenters. The Morgan fingerprint density at radius 1 is 1.21 bits per heavy atom. The summed E-state index contributed by atoms with van der Waals surface area (Å²) in [6, 6.07) is 7.57. The molecule has 1 heterocycles. The zero-order chi connectivity index (χ0) is 20.0. The molecule has 1 aliphatic rings. The molecule has 0 bridgehead atoms. The van der Waals surface area contributed by atoms with Crippen LogP contribution in [0.3, 0.4) is 0 Å². The Labute approximate surface area is 168 Å². The largest absolute Gasteiger partial charge is 0.497 e. The summed E-state index contributed by atoms with van der Waals surface area (Å²) < 4.78 is 10.9. The Hall–Kier alpha value is -2.44. The molecule has 28 heavy (non-hydrogen) atoms. The van der Waals surface area contributed by atoms with E-state index >= 15 is 0 Å². The van der Waals surface area contributed by atoms with Crippen molar-refractivity contribution in [3.8, 4) is 11.5 Å². The highest BCUT2D eigenvalue weighted by Crippen LogP contribution is 2.18. The second-order valence-corrected chi connectivity index (χ2v) is 6.76. The SMILES string of the molecule is CCNC(=NCCCN1CCCCCC1=O)NCCOc1cccc(OC)c1. The highest BCUT2D eigenvalue weighted by molar-refractivity contribution is 5.79. The zero-order valence-electron chi connectivity index (χ0n) is 17.2. The van der Waals surface area contributed by atoms with Crippen molar-refractivity contribution in [2.24, 2.45) is 4.99 Å². The van der Waals surface area contributed by atoms with E-state index in [4.69, 9.17) is 9.47 Å². The maximum atomic E-state index is 12.0. The first-order valence-corrected chi connectivity index (χ1v) is 10.3. The van der Waals surface area contributed by atoms with Crippen molar-refractivity contribution in [1.29, 1.82) is 0 Å². The molecule has 7 nitrogen and oxygen atoms in total. The molecule has 0 radical (unpaired) electrons. The van der Waals surface area contributed by atoms with E-state index in [0.29, 0.717) is 32.0 Å². The Morgan fingerprint density at radius 2 is 2.07 bits per heavy atom. The number of carbonyl (C=O) groups is 1. The van der Waals surface area contributed by atoms with Crippen LogP contribution in [0.1, 0.15) is 39.0 Å². The molecule has 1 saturated heterocycles. The number of hydrogen-bond acceptors (Lipinski definition) is 4. The molecule has 0 aromatic heterocycles. The van der Waals surface area contributed by atoms with Crippen LogP contribution in [0.4, 0.5) is 0 Å². The minimum absolute atomic E-state index is 0.293. The number of amides is 1. The van der Waals surface area contributed by atoms with Crippen LogP contribution >= 0.6 is 0 Å². The molecule has 0 aliphatic carbocycles. The lowest BCUT2D eigenvalue weighted by atomic mass is 10.2. The monoisotopic (exact) mass is 390 g/mol. The number of aliphatic imine (C=N–C) groups is 1. The fourth-order valence-corrected chi connectivity index (χ4v) is 3.10. The van der Waals surface area contributed by atoms with Crippen LogP contribution in [0, 0.1) is 0 Å². The van der Waals surface area contributed by atoms with Crippen LogP contribution < -0.4 is 20.1 Å². The van der Waals surface area contributed by atoms with Crippen LogP contribution in [0.25, 0.3) is 0 Å². The van der Waals surface area contributed by atoms with Gasteiger partial charge in [-0.05, 0) is 38.3 Å². The van der Waals surface area contributed by atoms with Gasteiger partial charge in [0.15, 0.2) is 5.96 Å². The number of benzene rings is 1. The Bertz CT molecular complexity index is 621. The Balaban J connectivity index is 1.68. The zero-order valence-corrected chi connectivity index (χ0v) is 17.2. The van der Waals surface area contributed by atoms with Crippen molar-refractivity contribution in [3.05, 3.63) is 24.3 Å². The van der Waals surface area contributed by atoms with Gasteiger partial charge in [0, 0.05) is 38.7 Å². The third kappa shape index (κ3) is 8.06. The summed E-state index contributed by atoms with van der Waals surface area (Å²) in [6.07, 6.45) is 4.88. The number of hydrogen-bond donors (Lipinski definition) is 2. The number of rotatable bonds is 10. The van der Waals surface area contributed by atoms with Gasteiger partial charge in [0.2, 0.25) is 5.91 Å². The van der Waals surface area contributed by atoms with Crippen molar-refractivity contribution in [3.63, 3.8) is 0 Å². The van der Waals surface area contributed by atoms with Gasteiger partial charge in [-0.3, -0.25) is 9.79 Å². The highest BCUT2D eigenvalue weighted by Gasteiger charge is 2.15. The second kappa shape index (κ2) is 12.9. The van der Waals surface area contributed by atoms with E-state index in [0.717, 1.165) is 62.8 Å². The number of ether oxygens (including phenoxy) is 2. The maximum absolute atomic E-state index is 12.0. The number of methoxy groups -OCH3 is 1. The first kappa shape index (κ1) is 21.9. The van der Waals surface area contributed by atoms with Crippen LogP contribution in [-0.2, 0) is 4.79 Å². The van der Waals surface area contributed by atoms with E-state index in [1.165, 1.54) is 0 Å². The lowest BCUT2D eigenvalue weighted by molar-refractivity contribution is -0.130. The van der Waals surface area contributed by atoms with Gasteiger partial charge in [0.25, 0.3) is 0 Å². The minimum Gasteiger partial charge on any atom is -0.497 e. The molecule has 0 spiro atoms. The van der Waals surface area contributed by atoms with Gasteiger partial charge in [-0.1, -0.05) is 12.5 Å². The highest BCUT2D eigenvalue weighted by atomic mass is 16.5. The first-order valence-electron chi connectivity index (χ1n) is 10.3. The predicted molar refractivity (Wildman–Crippen MR) is 112 cm³/mol. The number of likely N-dealkylation sites (tertiary alicyclic amines) is 1. The summed E-state index contributed by atoms with van der Waals surface area (Å²) in [6.45, 7) is 6.39. The molecule has 0 saturated carbocycles. The van der Waals surface area contributed by atoms with Gasteiger partial charge in [-0.25, -0.2) is 0 Å². The van der Waals surface area contributed by atoms with E-state index in [-0.39, 0.29) is 0 Å². The lowest BCUT2D eigenvalue weighted by Gasteiger charge is -2.20. The minimum atomic E-state index is 0.293. The van der Waals surface area contributed by atoms with Crippen molar-refractivity contribution >= 4 is 11.9 Å². The summed E-state index contributed by atoms with van der Waals surface area (Å²) in [5.74, 6) is 2.63. The lowest BCUT2D eigenvalue weighted by Crippen LogP contribution is -2.39. The van der Waals surface area contributed by atoms with E-state index in [9.17, 15) is 4.79 Å². The van der Waals surface area contributed by atoms with Gasteiger partial charge >= 0.3 is 0 Å². The van der Waals surface area contributed by atoms with Crippen LogP contribution in [0.2, 0.25) is 0 Å². The summed E-state index contributed by atoms with van der Waals surface area (Å²) in [4.78, 5) is 18.6. The molecule has 7 heteroatoms. The number of nitrogens with one attached hydrogen (secondary N) is 2. The number of nitrogens with zero attached hydrogens (tertiary/aromatic N) is 2. The normalized spacial score (nSPS) is 15.1. The number of guanidine groups is 1. The van der Waals surface area contributed by atoms with Gasteiger partial charge < -0.3 is 25.0 Å². The van der Waals surface area contributed by atoms with Gasteiger partial charge in [-0.15, -0.1) is 0 Å². The number of carbonyl (C=O) groups excluding carboxylic acids is 1. The average molecular weight is 391 g/mol.